The van der Waals surface area contributed by atoms with Gasteiger partial charge < -0.3 is 15.5 Å². The smallest absolute Gasteiger partial charge is 0.270 e. The van der Waals surface area contributed by atoms with Crippen LogP contribution in [0.4, 0.5) is 22.7 Å². The summed E-state index contributed by atoms with van der Waals surface area (Å²) in [6.45, 7) is 0.836. The Labute approximate surface area is 215 Å². The predicted molar refractivity (Wildman–Crippen MR) is 146 cm³/mol. The fourth-order valence-corrected chi connectivity index (χ4v) is 4.97. The molecule has 0 aliphatic carbocycles. The van der Waals surface area contributed by atoms with E-state index in [0.29, 0.717) is 52.5 Å². The van der Waals surface area contributed by atoms with E-state index in [4.69, 9.17) is 0 Å². The van der Waals surface area contributed by atoms with Crippen LogP contribution in [-0.2, 0) is 14.8 Å². The molecule has 0 fully saturated rings. The van der Waals surface area contributed by atoms with Crippen LogP contribution in [0.15, 0.2) is 72.8 Å². The van der Waals surface area contributed by atoms with Gasteiger partial charge in [-0.2, -0.15) is 0 Å². The summed E-state index contributed by atoms with van der Waals surface area (Å²) in [5.74, 6) is -0.334. The highest BCUT2D eigenvalue weighted by atomic mass is 32.2. The van der Waals surface area contributed by atoms with Gasteiger partial charge >= 0.3 is 0 Å². The zero-order valence-corrected chi connectivity index (χ0v) is 21.5. The fraction of sp³-hybridized carbons (Fsp3) is 0.192. The first-order valence-electron chi connectivity index (χ1n) is 11.4. The summed E-state index contributed by atoms with van der Waals surface area (Å²) in [7, 11) is 0.239. The van der Waals surface area contributed by atoms with Crippen molar-refractivity contribution in [2.45, 2.75) is 0 Å². The largest absolute Gasteiger partial charge is 0.354 e. The number of anilines is 3. The van der Waals surface area contributed by atoms with Crippen molar-refractivity contribution in [2.75, 3.05) is 48.4 Å². The van der Waals surface area contributed by atoms with Crippen LogP contribution in [0.1, 0.15) is 11.1 Å². The van der Waals surface area contributed by atoms with Crippen molar-refractivity contribution in [2.24, 2.45) is 0 Å². The van der Waals surface area contributed by atoms with Crippen molar-refractivity contribution < 1.29 is 18.1 Å². The maximum absolute atomic E-state index is 13.0. The van der Waals surface area contributed by atoms with E-state index in [1.54, 1.807) is 48.5 Å². The van der Waals surface area contributed by atoms with Crippen molar-refractivity contribution in [3.63, 3.8) is 0 Å². The van der Waals surface area contributed by atoms with Gasteiger partial charge in [-0.3, -0.25) is 19.2 Å². The number of para-hydroxylation sites is 1. The number of fused-ring (bicyclic) bond motifs is 1. The minimum absolute atomic E-state index is 0.107. The molecule has 192 valence electrons. The molecule has 10 nitrogen and oxygen atoms in total. The van der Waals surface area contributed by atoms with Gasteiger partial charge in [0.15, 0.2) is 0 Å². The number of sulfonamides is 1. The molecule has 0 bridgehead atoms. The molecule has 0 unspecified atom stereocenters. The van der Waals surface area contributed by atoms with E-state index < -0.39 is 14.9 Å². The number of hydrogen-bond acceptors (Lipinski definition) is 7. The van der Waals surface area contributed by atoms with E-state index in [1.165, 1.54) is 16.4 Å². The number of likely N-dealkylation sites (N-methyl/N-ethyl adjacent to an activating group) is 1. The van der Waals surface area contributed by atoms with E-state index >= 15 is 0 Å². The van der Waals surface area contributed by atoms with Gasteiger partial charge in [-0.15, -0.1) is 0 Å². The zero-order chi connectivity index (χ0) is 26.7. The maximum Gasteiger partial charge on any atom is 0.270 e. The molecule has 1 aliphatic heterocycles. The average molecular weight is 522 g/mol. The molecule has 0 spiro atoms. The molecule has 0 aromatic heterocycles. The van der Waals surface area contributed by atoms with Crippen LogP contribution in [0.25, 0.3) is 11.3 Å². The van der Waals surface area contributed by atoms with E-state index in [0.717, 1.165) is 6.26 Å². The third kappa shape index (κ3) is 5.79. The number of non-ortho nitro benzene ring substituents is 1. The molecule has 0 saturated carbocycles. The van der Waals surface area contributed by atoms with Crippen LogP contribution < -0.4 is 14.9 Å². The number of nitrogens with one attached hydrogen (secondary N) is 2. The summed E-state index contributed by atoms with van der Waals surface area (Å²) in [4.78, 5) is 25.9. The monoisotopic (exact) mass is 521 g/mol. The molecule has 11 heteroatoms. The minimum Gasteiger partial charge on any atom is -0.354 e. The summed E-state index contributed by atoms with van der Waals surface area (Å²) in [6, 6.07) is 20.0. The molecule has 37 heavy (non-hydrogen) atoms. The second kappa shape index (κ2) is 10.4. The van der Waals surface area contributed by atoms with Gasteiger partial charge in [0.05, 0.1) is 28.1 Å². The van der Waals surface area contributed by atoms with Crippen LogP contribution >= 0.6 is 0 Å². The third-order valence-electron chi connectivity index (χ3n) is 5.84. The highest BCUT2D eigenvalue weighted by Gasteiger charge is 2.28. The van der Waals surface area contributed by atoms with Gasteiger partial charge in [0, 0.05) is 47.7 Å². The molecular formula is C26H27N5O5S. The lowest BCUT2D eigenvalue weighted by Crippen LogP contribution is -2.35. The maximum atomic E-state index is 13.0. The number of rotatable bonds is 9. The zero-order valence-electron chi connectivity index (χ0n) is 20.6. The summed E-state index contributed by atoms with van der Waals surface area (Å²) in [5.41, 5.74) is 3.50. The van der Waals surface area contributed by atoms with Crippen LogP contribution in [0.2, 0.25) is 0 Å². The summed E-state index contributed by atoms with van der Waals surface area (Å²) in [6.07, 6.45) is 1.16. The number of hydrogen-bond donors (Lipinski definition) is 2. The Morgan fingerprint density at radius 2 is 1.70 bits per heavy atom. The Morgan fingerprint density at radius 1 is 1.00 bits per heavy atom. The van der Waals surface area contributed by atoms with Crippen LogP contribution in [-0.4, -0.2) is 57.6 Å². The van der Waals surface area contributed by atoms with Crippen molar-refractivity contribution in [3.05, 3.63) is 94.0 Å². The molecule has 1 heterocycles. The van der Waals surface area contributed by atoms with Gasteiger partial charge in [0.1, 0.15) is 0 Å². The van der Waals surface area contributed by atoms with Crippen LogP contribution in [0.3, 0.4) is 0 Å². The number of nitro groups is 1. The van der Waals surface area contributed by atoms with Gasteiger partial charge in [-0.1, -0.05) is 30.3 Å². The second-order valence-electron chi connectivity index (χ2n) is 8.87. The number of nitrogens with zero attached hydrogens (tertiary/aromatic N) is 3. The van der Waals surface area contributed by atoms with Crippen molar-refractivity contribution in [1.82, 2.24) is 4.90 Å². The topological polar surface area (TPSA) is 125 Å². The van der Waals surface area contributed by atoms with Crippen LogP contribution in [0, 0.1) is 10.1 Å². The van der Waals surface area contributed by atoms with Crippen LogP contribution in [0.5, 0.6) is 0 Å². The molecular weight excluding hydrogens is 494 g/mol. The highest BCUT2D eigenvalue weighted by Crippen LogP contribution is 2.38. The standard InChI is InChI=1S/C26H27N5O5S/c1-29(2)15-16-30(37(3,35)36)20-13-11-19(12-14-20)27-25(18-7-6-8-21(17-18)31(33)34)24-22-9-4-5-10-23(22)28-26(24)32/h4-14,17,27H,15-16H2,1-3H3,(H,28,32). The third-order valence-corrected chi connectivity index (χ3v) is 7.04. The molecule has 3 aromatic rings. The van der Waals surface area contributed by atoms with E-state index in [-0.39, 0.29) is 11.6 Å². The SMILES string of the molecule is CN(C)CCN(c1ccc(NC(=C2C(=O)Nc3ccccc32)c2cccc([N+](=O)[O-])c2)cc1)S(C)(=O)=O. The Bertz CT molecular complexity index is 1480. The Kier molecular flexibility index (Phi) is 7.28. The molecule has 0 atom stereocenters. The van der Waals surface area contributed by atoms with E-state index in [1.807, 2.05) is 31.1 Å². The quantitative estimate of drug-likeness (QED) is 0.249. The van der Waals surface area contributed by atoms with Gasteiger partial charge in [-0.25, -0.2) is 8.42 Å². The number of amides is 1. The fourth-order valence-electron chi connectivity index (χ4n) is 4.05. The first kappa shape index (κ1) is 25.9. The van der Waals surface area contributed by atoms with Gasteiger partial charge in [-0.05, 0) is 44.4 Å². The first-order valence-corrected chi connectivity index (χ1v) is 13.3. The van der Waals surface area contributed by atoms with Crippen molar-refractivity contribution in [3.8, 4) is 0 Å². The lowest BCUT2D eigenvalue weighted by Gasteiger charge is -2.24. The van der Waals surface area contributed by atoms with E-state index in [2.05, 4.69) is 10.6 Å². The predicted octanol–water partition coefficient (Wildman–Crippen LogP) is 3.85. The lowest BCUT2D eigenvalue weighted by atomic mass is 9.99. The summed E-state index contributed by atoms with van der Waals surface area (Å²) in [5, 5.41) is 17.5. The summed E-state index contributed by atoms with van der Waals surface area (Å²) < 4.78 is 26.1. The first-order chi connectivity index (χ1) is 17.5. The molecule has 0 saturated heterocycles. The lowest BCUT2D eigenvalue weighted by molar-refractivity contribution is -0.384. The van der Waals surface area contributed by atoms with Gasteiger partial charge in [0.25, 0.3) is 11.6 Å². The molecule has 3 aromatic carbocycles. The number of nitro benzene ring substituents is 1. The molecule has 2 N–H and O–H groups in total. The van der Waals surface area contributed by atoms with Crippen molar-refractivity contribution >= 4 is 50.0 Å². The van der Waals surface area contributed by atoms with Crippen molar-refractivity contribution in [1.29, 1.82) is 0 Å². The summed E-state index contributed by atoms with van der Waals surface area (Å²) >= 11 is 0. The number of benzene rings is 3. The normalized spacial score (nSPS) is 14.2. The molecule has 1 aliphatic rings. The van der Waals surface area contributed by atoms with Gasteiger partial charge in [0.2, 0.25) is 10.0 Å². The van der Waals surface area contributed by atoms with E-state index in [9.17, 15) is 23.3 Å². The average Bonchev–Trinajstić information content (AvgIpc) is 3.18. The molecule has 0 radical (unpaired) electrons. The molecule has 4 rings (SSSR count). The number of carbonyl (C=O) groups is 1. The minimum atomic E-state index is -3.50. The highest BCUT2D eigenvalue weighted by molar-refractivity contribution is 7.92. The second-order valence-corrected chi connectivity index (χ2v) is 10.8. The molecule has 1 amide bonds. The Hall–Kier alpha value is -4.22. The Morgan fingerprint density at radius 3 is 2.35 bits per heavy atom. The Balaban J connectivity index is 1.76. The number of carbonyl (C=O) groups excluding carboxylic acids is 1.